The van der Waals surface area contributed by atoms with Gasteiger partial charge in [-0.25, -0.2) is 4.79 Å². The molecule has 0 radical (unpaired) electrons. The predicted octanol–water partition coefficient (Wildman–Crippen LogP) is 2.72. The Balaban J connectivity index is 2.89. The van der Waals surface area contributed by atoms with Crippen molar-refractivity contribution in [1.29, 1.82) is 0 Å². The van der Waals surface area contributed by atoms with Crippen molar-refractivity contribution in [2.45, 2.75) is 26.4 Å². The summed E-state index contributed by atoms with van der Waals surface area (Å²) >= 11 is 0. The topological polar surface area (TPSA) is 55.8 Å². The number of carbonyl (C=O) groups is 1. The molecule has 98 valence electrons. The van der Waals surface area contributed by atoms with Crippen LogP contribution in [0, 0.1) is 0 Å². The molecule has 0 aliphatic heterocycles. The second kappa shape index (κ2) is 5.58. The molecule has 0 heterocycles. The number of methoxy groups -OCH3 is 1. The Morgan fingerprint density at radius 2 is 1.78 bits per heavy atom. The molecule has 1 aromatic carbocycles. The maximum atomic E-state index is 11.8. The summed E-state index contributed by atoms with van der Waals surface area (Å²) in [7, 11) is 1.41. The standard InChI is InChI=1S/C14H18O4/c1-14(2,3)18-13(16)12(17-4)9-10-5-7-11(15)8-6-10/h5-9,15H,1-4H3/b12-9-. The lowest BCUT2D eigenvalue weighted by Crippen LogP contribution is -2.25. The largest absolute Gasteiger partial charge is 0.508 e. The number of benzene rings is 1. The van der Waals surface area contributed by atoms with Gasteiger partial charge in [0.05, 0.1) is 7.11 Å². The first-order chi connectivity index (χ1) is 8.31. The SMILES string of the molecule is CO/C(=C\c1ccc(O)cc1)C(=O)OC(C)(C)C. The number of hydrogen-bond acceptors (Lipinski definition) is 4. The Morgan fingerprint density at radius 3 is 2.22 bits per heavy atom. The molecule has 1 N–H and O–H groups in total. The highest BCUT2D eigenvalue weighted by molar-refractivity contribution is 5.91. The Labute approximate surface area is 107 Å². The van der Waals surface area contributed by atoms with E-state index in [1.54, 1.807) is 39.0 Å². The number of carbonyl (C=O) groups excluding carboxylic acids is 1. The third-order valence-electron chi connectivity index (χ3n) is 2.01. The molecular formula is C14H18O4. The highest BCUT2D eigenvalue weighted by Crippen LogP contribution is 2.16. The minimum atomic E-state index is -0.566. The molecule has 1 rings (SSSR count). The molecule has 1 aromatic rings. The van der Waals surface area contributed by atoms with Crippen molar-refractivity contribution < 1.29 is 19.4 Å². The highest BCUT2D eigenvalue weighted by Gasteiger charge is 2.20. The summed E-state index contributed by atoms with van der Waals surface area (Å²) in [5.74, 6) is -0.225. The zero-order valence-electron chi connectivity index (χ0n) is 11.1. The average Bonchev–Trinajstić information content (AvgIpc) is 2.25. The van der Waals surface area contributed by atoms with Crippen molar-refractivity contribution in [1.82, 2.24) is 0 Å². The molecular weight excluding hydrogens is 232 g/mol. The summed E-state index contributed by atoms with van der Waals surface area (Å²) in [6.45, 7) is 5.37. The summed E-state index contributed by atoms with van der Waals surface area (Å²) in [6, 6.07) is 6.43. The van der Waals surface area contributed by atoms with E-state index in [0.29, 0.717) is 0 Å². The normalized spacial score (nSPS) is 12.1. The van der Waals surface area contributed by atoms with Gasteiger partial charge in [-0.05, 0) is 44.5 Å². The van der Waals surface area contributed by atoms with Crippen LogP contribution in [0.4, 0.5) is 0 Å². The summed E-state index contributed by atoms with van der Waals surface area (Å²) in [5.41, 5.74) is 0.180. The second-order valence-corrected chi connectivity index (χ2v) is 4.81. The molecule has 0 fully saturated rings. The lowest BCUT2D eigenvalue weighted by atomic mass is 10.2. The lowest BCUT2D eigenvalue weighted by Gasteiger charge is -2.20. The van der Waals surface area contributed by atoms with Crippen molar-refractivity contribution >= 4 is 12.0 Å². The molecule has 0 amide bonds. The molecule has 0 spiro atoms. The fourth-order valence-electron chi connectivity index (χ4n) is 1.25. The quantitative estimate of drug-likeness (QED) is 0.509. The van der Waals surface area contributed by atoms with Crippen LogP contribution in [0.2, 0.25) is 0 Å². The zero-order chi connectivity index (χ0) is 13.8. The van der Waals surface area contributed by atoms with Crippen LogP contribution >= 0.6 is 0 Å². The summed E-state index contributed by atoms with van der Waals surface area (Å²) in [5, 5.41) is 9.17. The van der Waals surface area contributed by atoms with Crippen molar-refractivity contribution in [3.05, 3.63) is 35.6 Å². The number of esters is 1. The molecule has 0 saturated heterocycles. The van der Waals surface area contributed by atoms with E-state index in [-0.39, 0.29) is 11.5 Å². The number of ether oxygens (including phenoxy) is 2. The molecule has 0 saturated carbocycles. The van der Waals surface area contributed by atoms with Crippen LogP contribution in [-0.4, -0.2) is 23.8 Å². The Bertz CT molecular complexity index is 438. The van der Waals surface area contributed by atoms with E-state index in [0.717, 1.165) is 5.56 Å². The first-order valence-corrected chi connectivity index (χ1v) is 5.60. The molecule has 0 unspecified atom stereocenters. The number of rotatable bonds is 3. The number of aromatic hydroxyl groups is 1. The van der Waals surface area contributed by atoms with Gasteiger partial charge in [0.25, 0.3) is 0 Å². The van der Waals surface area contributed by atoms with Crippen LogP contribution in [0.5, 0.6) is 5.75 Å². The fourth-order valence-corrected chi connectivity index (χ4v) is 1.25. The fraction of sp³-hybridized carbons (Fsp3) is 0.357. The van der Waals surface area contributed by atoms with Crippen LogP contribution in [0.25, 0.3) is 6.08 Å². The molecule has 0 bridgehead atoms. The van der Waals surface area contributed by atoms with E-state index in [4.69, 9.17) is 14.6 Å². The first-order valence-electron chi connectivity index (χ1n) is 5.60. The highest BCUT2D eigenvalue weighted by atomic mass is 16.6. The minimum absolute atomic E-state index is 0.121. The van der Waals surface area contributed by atoms with Crippen LogP contribution in [0.1, 0.15) is 26.3 Å². The smallest absolute Gasteiger partial charge is 0.374 e. The molecule has 4 nitrogen and oxygen atoms in total. The monoisotopic (exact) mass is 250 g/mol. The zero-order valence-corrected chi connectivity index (χ0v) is 11.1. The maximum absolute atomic E-state index is 11.8. The van der Waals surface area contributed by atoms with Crippen molar-refractivity contribution in [2.24, 2.45) is 0 Å². The van der Waals surface area contributed by atoms with Gasteiger partial charge in [-0.1, -0.05) is 12.1 Å². The van der Waals surface area contributed by atoms with Gasteiger partial charge < -0.3 is 14.6 Å². The lowest BCUT2D eigenvalue weighted by molar-refractivity contribution is -0.153. The number of phenols is 1. The van der Waals surface area contributed by atoms with E-state index in [2.05, 4.69) is 0 Å². The van der Waals surface area contributed by atoms with E-state index in [1.807, 2.05) is 0 Å². The van der Waals surface area contributed by atoms with Crippen molar-refractivity contribution in [3.63, 3.8) is 0 Å². The molecule has 0 aromatic heterocycles. The van der Waals surface area contributed by atoms with Gasteiger partial charge in [0.15, 0.2) is 0 Å². The van der Waals surface area contributed by atoms with E-state index >= 15 is 0 Å². The summed E-state index contributed by atoms with van der Waals surface area (Å²) < 4.78 is 10.2. The van der Waals surface area contributed by atoms with Crippen molar-refractivity contribution in [3.8, 4) is 5.75 Å². The van der Waals surface area contributed by atoms with Crippen LogP contribution in [0.3, 0.4) is 0 Å². The van der Waals surface area contributed by atoms with Gasteiger partial charge in [0.2, 0.25) is 5.76 Å². The first kappa shape index (κ1) is 14.1. The minimum Gasteiger partial charge on any atom is -0.508 e. The third-order valence-corrected chi connectivity index (χ3v) is 2.01. The van der Waals surface area contributed by atoms with Gasteiger partial charge in [-0.3, -0.25) is 0 Å². The average molecular weight is 250 g/mol. The Kier molecular flexibility index (Phi) is 4.37. The summed E-state index contributed by atoms with van der Waals surface area (Å²) in [6.07, 6.45) is 1.56. The van der Waals surface area contributed by atoms with Gasteiger partial charge >= 0.3 is 5.97 Å². The van der Waals surface area contributed by atoms with Gasteiger partial charge in [0, 0.05) is 0 Å². The van der Waals surface area contributed by atoms with Crippen LogP contribution in [0.15, 0.2) is 30.0 Å². The van der Waals surface area contributed by atoms with E-state index in [9.17, 15) is 4.79 Å². The maximum Gasteiger partial charge on any atom is 0.374 e. The molecule has 0 aliphatic carbocycles. The number of hydrogen-bond donors (Lipinski definition) is 1. The molecule has 4 heteroatoms. The van der Waals surface area contributed by atoms with Gasteiger partial charge in [0.1, 0.15) is 11.4 Å². The molecule has 0 aliphatic rings. The van der Waals surface area contributed by atoms with Crippen molar-refractivity contribution in [2.75, 3.05) is 7.11 Å². The molecule has 18 heavy (non-hydrogen) atoms. The predicted molar refractivity (Wildman–Crippen MR) is 68.9 cm³/mol. The van der Waals surface area contributed by atoms with Gasteiger partial charge in [-0.2, -0.15) is 0 Å². The number of phenolic OH excluding ortho intramolecular Hbond substituents is 1. The Hall–Kier alpha value is -1.97. The van der Waals surface area contributed by atoms with E-state index < -0.39 is 11.6 Å². The van der Waals surface area contributed by atoms with Crippen LogP contribution in [-0.2, 0) is 14.3 Å². The Morgan fingerprint density at radius 1 is 1.22 bits per heavy atom. The second-order valence-electron chi connectivity index (χ2n) is 4.81. The summed E-state index contributed by atoms with van der Waals surface area (Å²) in [4.78, 5) is 11.8. The molecule has 0 atom stereocenters. The van der Waals surface area contributed by atoms with E-state index in [1.165, 1.54) is 19.2 Å². The van der Waals surface area contributed by atoms with Crippen LogP contribution < -0.4 is 0 Å². The van der Waals surface area contributed by atoms with Gasteiger partial charge in [-0.15, -0.1) is 0 Å². The third kappa shape index (κ3) is 4.49.